The molecule has 1 unspecified atom stereocenters. The molecule has 0 aromatic heterocycles. The van der Waals surface area contributed by atoms with Crippen LogP contribution >= 0.6 is 0 Å². The van der Waals surface area contributed by atoms with Gasteiger partial charge in [0.1, 0.15) is 6.29 Å². The first-order valence-electron chi connectivity index (χ1n) is 3.60. The second-order valence-corrected chi connectivity index (χ2v) is 3.12. The molecule has 74 valence electrons. The summed E-state index contributed by atoms with van der Waals surface area (Å²) in [6.45, 7) is 0. The largest absolute Gasteiger partial charge is 0.298 e. The molecule has 0 aliphatic carbocycles. The van der Waals surface area contributed by atoms with E-state index in [0.29, 0.717) is 11.8 Å². The second-order valence-electron chi connectivity index (χ2n) is 2.42. The van der Waals surface area contributed by atoms with Gasteiger partial charge in [-0.2, -0.15) is 0 Å². The fraction of sp³-hybridized carbons (Fsp3) is 0. The van der Waals surface area contributed by atoms with Crippen LogP contribution in [0.15, 0.2) is 24.3 Å². The highest BCUT2D eigenvalue weighted by atomic mass is 32.2. The summed E-state index contributed by atoms with van der Waals surface area (Å²) in [6, 6.07) is 5.68. The van der Waals surface area contributed by atoms with Gasteiger partial charge in [-0.15, -0.1) is 0 Å². The van der Waals surface area contributed by atoms with Crippen LogP contribution in [-0.2, 0) is 11.3 Å². The number of aldehydes is 1. The summed E-state index contributed by atoms with van der Waals surface area (Å²) in [4.78, 5) is 21.4. The predicted octanol–water partition coefficient (Wildman–Crippen LogP) is 0.366. The highest BCUT2D eigenvalue weighted by molar-refractivity contribution is 7.77. The highest BCUT2D eigenvalue weighted by Crippen LogP contribution is 2.02. The van der Waals surface area contributed by atoms with Crippen LogP contribution in [0.3, 0.4) is 0 Å². The number of rotatable bonds is 3. The molecule has 1 aromatic carbocycles. The number of nitrogens with one attached hydrogen (secondary N) is 1. The lowest BCUT2D eigenvalue weighted by Gasteiger charge is -1.99. The zero-order chi connectivity index (χ0) is 10.6. The average Bonchev–Trinajstić information content (AvgIpc) is 2.17. The average molecular weight is 213 g/mol. The van der Waals surface area contributed by atoms with Gasteiger partial charge in [-0.05, 0) is 12.1 Å². The van der Waals surface area contributed by atoms with Crippen molar-refractivity contribution in [2.24, 2.45) is 0 Å². The van der Waals surface area contributed by atoms with Gasteiger partial charge < -0.3 is 0 Å². The van der Waals surface area contributed by atoms with E-state index < -0.39 is 17.2 Å². The molecule has 0 aliphatic rings. The Morgan fingerprint density at radius 1 is 1.36 bits per heavy atom. The third-order valence-corrected chi connectivity index (χ3v) is 1.85. The van der Waals surface area contributed by atoms with Crippen molar-refractivity contribution in [3.05, 3.63) is 35.4 Å². The monoisotopic (exact) mass is 213 g/mol. The molecule has 0 saturated heterocycles. The standard InChI is InChI=1S/C8H7NO4S/c10-5-6-1-3-7(4-2-6)8(11)9-14(12)13/h1-5H,(H,9,11)(H,12,13). The molecule has 1 aromatic rings. The van der Waals surface area contributed by atoms with Gasteiger partial charge in [0, 0.05) is 11.1 Å². The lowest BCUT2D eigenvalue weighted by Crippen LogP contribution is -2.24. The van der Waals surface area contributed by atoms with E-state index in [2.05, 4.69) is 0 Å². The quantitative estimate of drug-likeness (QED) is 0.561. The van der Waals surface area contributed by atoms with Crippen LogP contribution in [0.4, 0.5) is 0 Å². The van der Waals surface area contributed by atoms with Gasteiger partial charge in [-0.25, -0.2) is 8.93 Å². The van der Waals surface area contributed by atoms with E-state index in [1.54, 1.807) is 4.72 Å². The van der Waals surface area contributed by atoms with Crippen LogP contribution in [-0.4, -0.2) is 21.0 Å². The maximum Gasteiger partial charge on any atom is 0.264 e. The molecular formula is C8H7NO4S. The molecule has 0 radical (unpaired) electrons. The normalized spacial score (nSPS) is 11.8. The molecule has 2 N–H and O–H groups in total. The number of hydrogen-bond donors (Lipinski definition) is 2. The minimum atomic E-state index is -2.37. The maximum atomic E-state index is 11.1. The lowest BCUT2D eigenvalue weighted by atomic mass is 10.1. The molecule has 0 spiro atoms. The summed E-state index contributed by atoms with van der Waals surface area (Å²) in [6.07, 6.45) is 0.645. The highest BCUT2D eigenvalue weighted by Gasteiger charge is 2.06. The zero-order valence-corrected chi connectivity index (χ0v) is 7.78. The van der Waals surface area contributed by atoms with Crippen molar-refractivity contribution in [3.63, 3.8) is 0 Å². The Morgan fingerprint density at radius 3 is 2.36 bits per heavy atom. The van der Waals surface area contributed by atoms with Crippen molar-refractivity contribution in [1.82, 2.24) is 4.72 Å². The summed E-state index contributed by atoms with van der Waals surface area (Å²) in [5.74, 6) is -0.664. The van der Waals surface area contributed by atoms with Gasteiger partial charge in [0.2, 0.25) is 0 Å². The number of carbonyl (C=O) groups excluding carboxylic acids is 2. The number of carbonyl (C=O) groups is 2. The van der Waals surface area contributed by atoms with Gasteiger partial charge in [-0.1, -0.05) is 12.1 Å². The van der Waals surface area contributed by atoms with Crippen LogP contribution in [0.1, 0.15) is 20.7 Å². The van der Waals surface area contributed by atoms with Crippen LogP contribution < -0.4 is 4.72 Å². The van der Waals surface area contributed by atoms with Crippen LogP contribution in [0.25, 0.3) is 0 Å². The van der Waals surface area contributed by atoms with Crippen molar-refractivity contribution in [2.45, 2.75) is 0 Å². The summed E-state index contributed by atoms with van der Waals surface area (Å²) in [5, 5.41) is 0. The van der Waals surface area contributed by atoms with E-state index in [-0.39, 0.29) is 5.56 Å². The van der Waals surface area contributed by atoms with Crippen LogP contribution in [0.2, 0.25) is 0 Å². The Balaban J connectivity index is 2.81. The fourth-order valence-corrected chi connectivity index (χ4v) is 1.13. The molecular weight excluding hydrogens is 206 g/mol. The van der Waals surface area contributed by atoms with E-state index in [1.165, 1.54) is 24.3 Å². The van der Waals surface area contributed by atoms with Crippen molar-refractivity contribution < 1.29 is 18.4 Å². The molecule has 1 atom stereocenters. The van der Waals surface area contributed by atoms with Crippen molar-refractivity contribution in [1.29, 1.82) is 0 Å². The number of benzene rings is 1. The molecule has 0 bridgehead atoms. The van der Waals surface area contributed by atoms with Gasteiger partial charge in [0.25, 0.3) is 17.2 Å². The Morgan fingerprint density at radius 2 is 1.93 bits per heavy atom. The van der Waals surface area contributed by atoms with Crippen LogP contribution in [0.5, 0.6) is 0 Å². The summed E-state index contributed by atoms with van der Waals surface area (Å²) < 4.78 is 20.4. The first-order valence-corrected chi connectivity index (χ1v) is 4.71. The van der Waals surface area contributed by atoms with Gasteiger partial charge in [-0.3, -0.25) is 14.1 Å². The first kappa shape index (κ1) is 10.6. The molecule has 1 amide bonds. The van der Waals surface area contributed by atoms with Crippen molar-refractivity contribution in [2.75, 3.05) is 0 Å². The smallest absolute Gasteiger partial charge is 0.264 e. The van der Waals surface area contributed by atoms with Gasteiger partial charge in [0.15, 0.2) is 0 Å². The molecule has 0 fully saturated rings. The Labute approximate surface area is 82.5 Å². The molecule has 6 heteroatoms. The zero-order valence-electron chi connectivity index (χ0n) is 6.97. The maximum absolute atomic E-state index is 11.1. The van der Waals surface area contributed by atoms with E-state index in [4.69, 9.17) is 4.55 Å². The molecule has 0 saturated carbocycles. The second kappa shape index (κ2) is 4.64. The molecule has 5 nitrogen and oxygen atoms in total. The Bertz CT molecular complexity index is 373. The lowest BCUT2D eigenvalue weighted by molar-refractivity contribution is 0.0980. The number of amides is 1. The predicted molar refractivity (Wildman–Crippen MR) is 50.1 cm³/mol. The van der Waals surface area contributed by atoms with Crippen molar-refractivity contribution >= 4 is 23.5 Å². The first-order chi connectivity index (χ1) is 6.63. The minimum Gasteiger partial charge on any atom is -0.298 e. The fourth-order valence-electron chi connectivity index (χ4n) is 0.851. The topological polar surface area (TPSA) is 83.5 Å². The SMILES string of the molecule is O=Cc1ccc(C(=O)NS(=O)O)cc1. The van der Waals surface area contributed by atoms with Crippen molar-refractivity contribution in [3.8, 4) is 0 Å². The van der Waals surface area contributed by atoms with Crippen LogP contribution in [0, 0.1) is 0 Å². The third-order valence-electron chi connectivity index (χ3n) is 1.49. The molecule has 0 aliphatic heterocycles. The van der Waals surface area contributed by atoms with E-state index in [0.717, 1.165) is 0 Å². The summed E-state index contributed by atoms with van der Waals surface area (Å²) in [5.41, 5.74) is 0.657. The van der Waals surface area contributed by atoms with E-state index >= 15 is 0 Å². The number of hydrogen-bond acceptors (Lipinski definition) is 3. The van der Waals surface area contributed by atoms with E-state index in [9.17, 15) is 13.8 Å². The van der Waals surface area contributed by atoms with Gasteiger partial charge in [0.05, 0.1) is 0 Å². The molecule has 14 heavy (non-hydrogen) atoms. The van der Waals surface area contributed by atoms with E-state index in [1.807, 2.05) is 0 Å². The Kier molecular flexibility index (Phi) is 3.49. The molecule has 0 heterocycles. The summed E-state index contributed by atoms with van der Waals surface area (Å²) in [7, 11) is 0. The molecule has 1 rings (SSSR count). The third kappa shape index (κ3) is 2.75. The Hall–Kier alpha value is -1.53. The minimum absolute atomic E-state index is 0.220. The van der Waals surface area contributed by atoms with Gasteiger partial charge >= 0.3 is 0 Å². The summed E-state index contributed by atoms with van der Waals surface area (Å²) >= 11 is -2.37.